The van der Waals surface area contributed by atoms with Crippen LogP contribution in [0.3, 0.4) is 0 Å². The highest BCUT2D eigenvalue weighted by atomic mass is 79.9. The van der Waals surface area contributed by atoms with Gasteiger partial charge in [-0.15, -0.1) is 0 Å². The molecule has 0 N–H and O–H groups in total. The molecule has 1 aromatic heterocycles. The van der Waals surface area contributed by atoms with E-state index in [-0.39, 0.29) is 0 Å². The van der Waals surface area contributed by atoms with Crippen LogP contribution in [0, 0.1) is 5.92 Å². The van der Waals surface area contributed by atoms with Crippen LogP contribution in [0.25, 0.3) is 0 Å². The first-order valence-electron chi connectivity index (χ1n) is 7.78. The summed E-state index contributed by atoms with van der Waals surface area (Å²) >= 11 is 3.52. The van der Waals surface area contributed by atoms with Crippen LogP contribution < -0.4 is 4.90 Å². The van der Waals surface area contributed by atoms with Crippen molar-refractivity contribution < 1.29 is 0 Å². The topological polar surface area (TPSA) is 29.0 Å². The molecule has 0 atom stereocenters. The number of hydrogen-bond acceptors (Lipinski definition) is 3. The van der Waals surface area contributed by atoms with Crippen molar-refractivity contribution in [2.45, 2.75) is 64.8 Å². The van der Waals surface area contributed by atoms with Gasteiger partial charge in [0.25, 0.3) is 0 Å². The van der Waals surface area contributed by atoms with E-state index >= 15 is 0 Å². The number of anilines is 1. The van der Waals surface area contributed by atoms with E-state index in [1.54, 1.807) is 0 Å². The number of nitrogens with zero attached hydrogens (tertiary/aromatic N) is 3. The molecular weight excluding hydrogens is 314 g/mol. The molecule has 20 heavy (non-hydrogen) atoms. The zero-order chi connectivity index (χ0) is 14.7. The summed E-state index contributed by atoms with van der Waals surface area (Å²) in [6.07, 6.45) is 6.61. The lowest BCUT2D eigenvalue weighted by molar-refractivity contribution is 0.312. The fourth-order valence-electron chi connectivity index (χ4n) is 2.99. The van der Waals surface area contributed by atoms with Gasteiger partial charge in [0.1, 0.15) is 16.2 Å². The predicted octanol–water partition coefficient (Wildman–Crippen LogP) is 4.77. The van der Waals surface area contributed by atoms with E-state index in [1.165, 1.54) is 32.1 Å². The average Bonchev–Trinajstić information content (AvgIpc) is 2.46. The Kier molecular flexibility index (Phi) is 5.42. The number of aromatic nitrogens is 2. The van der Waals surface area contributed by atoms with Crippen LogP contribution in [0.5, 0.6) is 0 Å². The molecule has 0 radical (unpaired) electrons. The lowest BCUT2D eigenvalue weighted by Gasteiger charge is -2.35. The van der Waals surface area contributed by atoms with Crippen molar-refractivity contribution in [1.29, 1.82) is 0 Å². The van der Waals surface area contributed by atoms with Crippen molar-refractivity contribution in [2.75, 3.05) is 11.9 Å². The van der Waals surface area contributed by atoms with Gasteiger partial charge in [-0.05, 0) is 47.5 Å². The van der Waals surface area contributed by atoms with Gasteiger partial charge in [-0.1, -0.05) is 27.2 Å². The van der Waals surface area contributed by atoms with Gasteiger partial charge in [-0.25, -0.2) is 9.97 Å². The van der Waals surface area contributed by atoms with Crippen LogP contribution in [0.2, 0.25) is 0 Å². The summed E-state index contributed by atoms with van der Waals surface area (Å²) in [5, 5.41) is 0. The number of rotatable bonds is 4. The second-order valence-electron chi connectivity index (χ2n) is 6.26. The third-order valence-corrected chi connectivity index (χ3v) is 4.92. The maximum absolute atomic E-state index is 4.73. The smallest absolute Gasteiger partial charge is 0.134 e. The normalized spacial score (nSPS) is 23.1. The van der Waals surface area contributed by atoms with Gasteiger partial charge in [0.05, 0.1) is 0 Å². The molecule has 0 aliphatic heterocycles. The molecular formula is C16H26BrN3. The maximum Gasteiger partial charge on any atom is 0.134 e. The van der Waals surface area contributed by atoms with E-state index in [4.69, 9.17) is 4.98 Å². The predicted molar refractivity (Wildman–Crippen MR) is 88.3 cm³/mol. The van der Waals surface area contributed by atoms with Crippen LogP contribution >= 0.6 is 15.9 Å². The third-order valence-electron chi connectivity index (χ3n) is 4.52. The SMILES string of the molecule is CCC1CCC(N(C)c2cc(Br)nc(C(C)C)n2)CC1. The fourth-order valence-corrected chi connectivity index (χ4v) is 3.38. The first kappa shape index (κ1) is 15.7. The minimum atomic E-state index is 0.357. The Morgan fingerprint density at radius 1 is 1.25 bits per heavy atom. The molecule has 1 saturated carbocycles. The second kappa shape index (κ2) is 6.88. The summed E-state index contributed by atoms with van der Waals surface area (Å²) in [6.45, 7) is 6.58. The summed E-state index contributed by atoms with van der Waals surface area (Å²) < 4.78 is 0.889. The van der Waals surface area contributed by atoms with E-state index in [9.17, 15) is 0 Å². The molecule has 4 heteroatoms. The molecule has 1 fully saturated rings. The molecule has 0 bridgehead atoms. The lowest BCUT2D eigenvalue weighted by Crippen LogP contribution is -2.35. The molecule has 0 aromatic carbocycles. The lowest BCUT2D eigenvalue weighted by atomic mass is 9.84. The molecule has 1 heterocycles. The molecule has 1 aromatic rings. The first-order chi connectivity index (χ1) is 9.51. The van der Waals surface area contributed by atoms with Gasteiger partial charge in [0.2, 0.25) is 0 Å². The number of halogens is 1. The van der Waals surface area contributed by atoms with Crippen molar-refractivity contribution >= 4 is 21.7 Å². The largest absolute Gasteiger partial charge is 0.357 e. The van der Waals surface area contributed by atoms with Gasteiger partial charge in [0, 0.05) is 25.1 Å². The monoisotopic (exact) mass is 339 g/mol. The molecule has 112 valence electrons. The van der Waals surface area contributed by atoms with Gasteiger partial charge in [-0.3, -0.25) is 0 Å². The van der Waals surface area contributed by atoms with Crippen molar-refractivity contribution in [3.63, 3.8) is 0 Å². The fraction of sp³-hybridized carbons (Fsp3) is 0.750. The summed E-state index contributed by atoms with van der Waals surface area (Å²) in [5.74, 6) is 3.26. The molecule has 3 nitrogen and oxygen atoms in total. The van der Waals surface area contributed by atoms with Crippen LogP contribution in [-0.4, -0.2) is 23.1 Å². The summed E-state index contributed by atoms with van der Waals surface area (Å²) in [7, 11) is 2.18. The Labute approximate surface area is 131 Å². The molecule has 1 aliphatic carbocycles. The van der Waals surface area contributed by atoms with Gasteiger partial charge in [-0.2, -0.15) is 0 Å². The molecule has 1 aliphatic rings. The molecule has 0 spiro atoms. The third kappa shape index (κ3) is 3.72. The maximum atomic E-state index is 4.73. The van der Waals surface area contributed by atoms with Gasteiger partial charge in [0.15, 0.2) is 0 Å². The van der Waals surface area contributed by atoms with Gasteiger partial charge >= 0.3 is 0 Å². The minimum Gasteiger partial charge on any atom is -0.357 e. The summed E-state index contributed by atoms with van der Waals surface area (Å²) in [5.41, 5.74) is 0. The van der Waals surface area contributed by atoms with Crippen LogP contribution in [0.15, 0.2) is 10.7 Å². The first-order valence-corrected chi connectivity index (χ1v) is 8.57. The summed E-state index contributed by atoms with van der Waals surface area (Å²) in [4.78, 5) is 11.5. The zero-order valence-electron chi connectivity index (χ0n) is 13.1. The standard InChI is InChI=1S/C16H26BrN3/c1-5-12-6-8-13(9-7-12)20(4)15-10-14(17)18-16(19-15)11(2)3/h10-13H,5-9H2,1-4H3. The number of hydrogen-bond donors (Lipinski definition) is 0. The van der Waals surface area contributed by atoms with E-state index in [2.05, 4.69) is 53.6 Å². The molecule has 2 rings (SSSR count). The van der Waals surface area contributed by atoms with Crippen LogP contribution in [-0.2, 0) is 0 Å². The van der Waals surface area contributed by atoms with Crippen molar-refractivity contribution in [2.24, 2.45) is 5.92 Å². The van der Waals surface area contributed by atoms with Crippen LogP contribution in [0.1, 0.15) is 64.6 Å². The van der Waals surface area contributed by atoms with Crippen LogP contribution in [0.4, 0.5) is 5.82 Å². The Morgan fingerprint density at radius 3 is 2.45 bits per heavy atom. The Bertz CT molecular complexity index is 439. The summed E-state index contributed by atoms with van der Waals surface area (Å²) in [6, 6.07) is 2.66. The molecule has 0 unspecified atom stereocenters. The van der Waals surface area contributed by atoms with E-state index < -0.39 is 0 Å². The van der Waals surface area contributed by atoms with Crippen molar-refractivity contribution in [1.82, 2.24) is 9.97 Å². The second-order valence-corrected chi connectivity index (χ2v) is 7.07. The molecule has 0 amide bonds. The van der Waals surface area contributed by atoms with E-state index in [0.29, 0.717) is 12.0 Å². The Hall–Kier alpha value is -0.640. The average molecular weight is 340 g/mol. The zero-order valence-corrected chi connectivity index (χ0v) is 14.7. The van der Waals surface area contributed by atoms with Crippen molar-refractivity contribution in [3.8, 4) is 0 Å². The quantitative estimate of drug-likeness (QED) is 0.740. The highest BCUT2D eigenvalue weighted by Gasteiger charge is 2.24. The Balaban J connectivity index is 2.11. The highest BCUT2D eigenvalue weighted by Crippen LogP contribution is 2.31. The van der Waals surface area contributed by atoms with Gasteiger partial charge < -0.3 is 4.90 Å². The Morgan fingerprint density at radius 2 is 1.90 bits per heavy atom. The highest BCUT2D eigenvalue weighted by molar-refractivity contribution is 9.10. The van der Waals surface area contributed by atoms with Crippen molar-refractivity contribution in [3.05, 3.63) is 16.5 Å². The van der Waals surface area contributed by atoms with E-state index in [1.807, 2.05) is 6.07 Å². The van der Waals surface area contributed by atoms with E-state index in [0.717, 1.165) is 22.2 Å². The minimum absolute atomic E-state index is 0.357. The molecule has 0 saturated heterocycles.